The van der Waals surface area contributed by atoms with Gasteiger partial charge in [0.15, 0.2) is 0 Å². The van der Waals surface area contributed by atoms with Crippen LogP contribution in [0.1, 0.15) is 16.7 Å². The first-order valence-corrected chi connectivity index (χ1v) is 7.64. The first kappa shape index (κ1) is 13.9. The second-order valence-electron chi connectivity index (χ2n) is 4.72. The van der Waals surface area contributed by atoms with Crippen molar-refractivity contribution >= 4 is 27.5 Å². The molecule has 1 aliphatic heterocycles. The third kappa shape index (κ3) is 2.97. The van der Waals surface area contributed by atoms with Gasteiger partial charge in [0.25, 0.3) is 0 Å². The standard InChI is InChI=1S/C15H14BrClN2O/c16-13-5-10-2-4-20-15(10)12(6-13)8-19-7-11-1-3-18-9-14(11)17/h1,3,5-6,9,19H,2,4,7-8H2. The number of hydrogen-bond donors (Lipinski definition) is 1. The van der Waals surface area contributed by atoms with Crippen molar-refractivity contribution in [3.8, 4) is 5.75 Å². The Bertz CT molecular complexity index is 633. The molecule has 0 saturated carbocycles. The van der Waals surface area contributed by atoms with Crippen LogP contribution < -0.4 is 10.1 Å². The number of hydrogen-bond acceptors (Lipinski definition) is 3. The number of aromatic nitrogens is 1. The van der Waals surface area contributed by atoms with Crippen LogP contribution >= 0.6 is 27.5 Å². The maximum Gasteiger partial charge on any atom is 0.127 e. The highest BCUT2D eigenvalue weighted by Gasteiger charge is 2.17. The van der Waals surface area contributed by atoms with E-state index in [1.165, 1.54) is 11.1 Å². The lowest BCUT2D eigenvalue weighted by atomic mass is 10.1. The van der Waals surface area contributed by atoms with Crippen LogP contribution in [0.15, 0.2) is 35.1 Å². The van der Waals surface area contributed by atoms with Crippen LogP contribution in [-0.2, 0) is 19.5 Å². The van der Waals surface area contributed by atoms with Crippen LogP contribution in [0.2, 0.25) is 5.02 Å². The molecule has 0 atom stereocenters. The van der Waals surface area contributed by atoms with E-state index in [0.29, 0.717) is 11.6 Å². The minimum atomic E-state index is 0.690. The molecule has 0 saturated heterocycles. The molecule has 104 valence electrons. The van der Waals surface area contributed by atoms with Gasteiger partial charge in [0, 0.05) is 41.9 Å². The van der Waals surface area contributed by atoms with Gasteiger partial charge in [-0.25, -0.2) is 0 Å². The number of nitrogens with one attached hydrogen (secondary N) is 1. The minimum Gasteiger partial charge on any atom is -0.493 e. The summed E-state index contributed by atoms with van der Waals surface area (Å²) < 4.78 is 6.81. The zero-order chi connectivity index (χ0) is 13.9. The number of fused-ring (bicyclic) bond motifs is 1. The summed E-state index contributed by atoms with van der Waals surface area (Å²) in [7, 11) is 0. The van der Waals surface area contributed by atoms with E-state index in [2.05, 4.69) is 38.4 Å². The Balaban J connectivity index is 1.69. The number of nitrogens with zero attached hydrogens (tertiary/aromatic N) is 1. The van der Waals surface area contributed by atoms with Gasteiger partial charge in [-0.3, -0.25) is 4.98 Å². The Morgan fingerprint density at radius 2 is 2.15 bits per heavy atom. The second kappa shape index (κ2) is 6.12. The zero-order valence-electron chi connectivity index (χ0n) is 10.8. The lowest BCUT2D eigenvalue weighted by Crippen LogP contribution is -2.13. The molecule has 0 unspecified atom stereocenters. The highest BCUT2D eigenvalue weighted by atomic mass is 79.9. The first-order valence-electron chi connectivity index (χ1n) is 6.47. The van der Waals surface area contributed by atoms with E-state index < -0.39 is 0 Å². The monoisotopic (exact) mass is 352 g/mol. The summed E-state index contributed by atoms with van der Waals surface area (Å²) in [6.45, 7) is 2.23. The second-order valence-corrected chi connectivity index (χ2v) is 6.05. The van der Waals surface area contributed by atoms with Gasteiger partial charge in [0.05, 0.1) is 11.6 Å². The van der Waals surface area contributed by atoms with E-state index in [9.17, 15) is 0 Å². The molecular weight excluding hydrogens is 340 g/mol. The van der Waals surface area contributed by atoms with Gasteiger partial charge in [-0.05, 0) is 29.3 Å². The third-order valence-electron chi connectivity index (χ3n) is 3.31. The number of halogens is 2. The van der Waals surface area contributed by atoms with Crippen LogP contribution in [0.5, 0.6) is 5.75 Å². The van der Waals surface area contributed by atoms with Crippen molar-refractivity contribution < 1.29 is 4.74 Å². The van der Waals surface area contributed by atoms with Gasteiger partial charge < -0.3 is 10.1 Å². The summed E-state index contributed by atoms with van der Waals surface area (Å²) in [4.78, 5) is 3.98. The van der Waals surface area contributed by atoms with E-state index >= 15 is 0 Å². The number of benzene rings is 1. The zero-order valence-corrected chi connectivity index (χ0v) is 13.2. The topological polar surface area (TPSA) is 34.2 Å². The molecule has 2 aromatic rings. The summed E-state index contributed by atoms with van der Waals surface area (Å²) in [5.41, 5.74) is 3.50. The maximum absolute atomic E-state index is 6.09. The van der Waals surface area contributed by atoms with Gasteiger partial charge in [0.2, 0.25) is 0 Å². The summed E-state index contributed by atoms with van der Waals surface area (Å²) in [5, 5.41) is 4.09. The largest absolute Gasteiger partial charge is 0.493 e. The van der Waals surface area contributed by atoms with Gasteiger partial charge in [-0.1, -0.05) is 27.5 Å². The van der Waals surface area contributed by atoms with Crippen molar-refractivity contribution in [3.05, 3.63) is 56.8 Å². The highest BCUT2D eigenvalue weighted by Crippen LogP contribution is 2.32. The fourth-order valence-corrected chi connectivity index (χ4v) is 3.10. The molecule has 2 heterocycles. The highest BCUT2D eigenvalue weighted by molar-refractivity contribution is 9.10. The molecule has 1 aromatic carbocycles. The SMILES string of the molecule is Clc1cnccc1CNCc1cc(Br)cc2c1OCC2. The quantitative estimate of drug-likeness (QED) is 0.909. The van der Waals surface area contributed by atoms with Crippen molar-refractivity contribution in [2.45, 2.75) is 19.5 Å². The van der Waals surface area contributed by atoms with Crippen LogP contribution in [-0.4, -0.2) is 11.6 Å². The summed E-state index contributed by atoms with van der Waals surface area (Å²) in [6.07, 6.45) is 4.40. The molecule has 1 aliphatic rings. The van der Waals surface area contributed by atoms with Crippen molar-refractivity contribution in [1.29, 1.82) is 0 Å². The Morgan fingerprint density at radius 3 is 3.00 bits per heavy atom. The average Bonchev–Trinajstić information content (AvgIpc) is 2.89. The number of pyridine rings is 1. The number of ether oxygens (including phenoxy) is 1. The molecule has 3 rings (SSSR count). The first-order chi connectivity index (χ1) is 9.74. The summed E-state index contributed by atoms with van der Waals surface area (Å²) in [6, 6.07) is 6.16. The van der Waals surface area contributed by atoms with Crippen molar-refractivity contribution in [3.63, 3.8) is 0 Å². The molecule has 0 amide bonds. The van der Waals surface area contributed by atoms with Gasteiger partial charge in [-0.2, -0.15) is 0 Å². The van der Waals surface area contributed by atoms with Gasteiger partial charge in [0.1, 0.15) is 5.75 Å². The van der Waals surface area contributed by atoms with Crippen molar-refractivity contribution in [2.75, 3.05) is 6.61 Å². The Kier molecular flexibility index (Phi) is 4.24. The molecule has 0 spiro atoms. The summed E-state index contributed by atoms with van der Waals surface area (Å²) >= 11 is 9.64. The smallest absolute Gasteiger partial charge is 0.127 e. The molecule has 1 aromatic heterocycles. The minimum absolute atomic E-state index is 0.690. The van der Waals surface area contributed by atoms with Gasteiger partial charge >= 0.3 is 0 Å². The molecular formula is C15H14BrClN2O. The molecule has 20 heavy (non-hydrogen) atoms. The Hall–Kier alpha value is -1.10. The third-order valence-corrected chi connectivity index (χ3v) is 4.11. The van der Waals surface area contributed by atoms with Crippen molar-refractivity contribution in [2.24, 2.45) is 0 Å². The van der Waals surface area contributed by atoms with Crippen molar-refractivity contribution in [1.82, 2.24) is 10.3 Å². The summed E-state index contributed by atoms with van der Waals surface area (Å²) in [5.74, 6) is 1.03. The molecule has 5 heteroatoms. The maximum atomic E-state index is 6.09. The lowest BCUT2D eigenvalue weighted by molar-refractivity contribution is 0.352. The van der Waals surface area contributed by atoms with Crippen LogP contribution in [0.4, 0.5) is 0 Å². The molecule has 0 aliphatic carbocycles. The van der Waals surface area contributed by atoms with E-state index in [4.69, 9.17) is 16.3 Å². The fraction of sp³-hybridized carbons (Fsp3) is 0.267. The number of rotatable bonds is 4. The van der Waals surface area contributed by atoms with Crippen LogP contribution in [0.3, 0.4) is 0 Å². The lowest BCUT2D eigenvalue weighted by Gasteiger charge is -2.11. The molecule has 0 fully saturated rings. The van der Waals surface area contributed by atoms with Crippen LogP contribution in [0.25, 0.3) is 0 Å². The normalized spacial score (nSPS) is 13.1. The molecule has 0 bridgehead atoms. The molecule has 3 nitrogen and oxygen atoms in total. The predicted octanol–water partition coefficient (Wildman–Crippen LogP) is 3.72. The molecule has 0 radical (unpaired) electrons. The van der Waals surface area contributed by atoms with E-state index in [1.807, 2.05) is 6.07 Å². The predicted molar refractivity (Wildman–Crippen MR) is 83.1 cm³/mol. The van der Waals surface area contributed by atoms with E-state index in [0.717, 1.165) is 35.4 Å². The Labute approximate surface area is 131 Å². The van der Waals surface area contributed by atoms with Gasteiger partial charge in [-0.15, -0.1) is 0 Å². The van der Waals surface area contributed by atoms with E-state index in [-0.39, 0.29) is 0 Å². The fourth-order valence-electron chi connectivity index (χ4n) is 2.36. The van der Waals surface area contributed by atoms with Crippen LogP contribution in [0, 0.1) is 0 Å². The average molecular weight is 354 g/mol. The van der Waals surface area contributed by atoms with E-state index in [1.54, 1.807) is 12.4 Å². The Morgan fingerprint density at radius 1 is 1.30 bits per heavy atom. The molecule has 1 N–H and O–H groups in total.